The Labute approximate surface area is 208 Å². The summed E-state index contributed by atoms with van der Waals surface area (Å²) in [5.41, 5.74) is 3.53. The number of ketones is 2. The van der Waals surface area contributed by atoms with Gasteiger partial charge in [-0.05, 0) is 62.2 Å². The molecule has 1 N–H and O–H groups in total. The highest BCUT2D eigenvalue weighted by atomic mass is 19.1. The molecule has 6 heteroatoms. The van der Waals surface area contributed by atoms with E-state index in [4.69, 9.17) is 0 Å². The number of carbonyl (C=O) groups excluding carboxylic acids is 3. The van der Waals surface area contributed by atoms with Crippen molar-refractivity contribution in [1.82, 2.24) is 0 Å². The molecule has 0 aliphatic carbocycles. The van der Waals surface area contributed by atoms with Crippen molar-refractivity contribution in [2.75, 3.05) is 10.2 Å². The summed E-state index contributed by atoms with van der Waals surface area (Å²) < 4.78 is 15.0. The lowest BCUT2D eigenvalue weighted by Gasteiger charge is -2.39. The van der Waals surface area contributed by atoms with Crippen LogP contribution in [0.3, 0.4) is 0 Å². The molecule has 0 unspecified atom stereocenters. The van der Waals surface area contributed by atoms with Gasteiger partial charge in [-0.15, -0.1) is 0 Å². The van der Waals surface area contributed by atoms with Crippen LogP contribution in [0.5, 0.6) is 0 Å². The summed E-state index contributed by atoms with van der Waals surface area (Å²) in [6, 6.07) is 17.5. The third kappa shape index (κ3) is 2.78. The lowest BCUT2D eigenvalue weighted by Crippen LogP contribution is -2.51. The van der Waals surface area contributed by atoms with E-state index in [9.17, 15) is 18.8 Å². The molecule has 3 aliphatic rings. The predicted molar refractivity (Wildman–Crippen MR) is 137 cm³/mol. The molecule has 1 saturated heterocycles. The molecule has 1 fully saturated rings. The fourth-order valence-corrected chi connectivity index (χ4v) is 6.53. The first kappa shape index (κ1) is 22.4. The molecular weight excluding hydrogens is 455 g/mol. The number of amides is 1. The maximum Gasteiger partial charge on any atom is 0.238 e. The Balaban J connectivity index is 1.70. The van der Waals surface area contributed by atoms with Gasteiger partial charge in [-0.1, -0.05) is 48.0 Å². The molecule has 0 saturated carbocycles. The highest BCUT2D eigenvalue weighted by Crippen LogP contribution is 2.58. The second kappa shape index (κ2) is 7.72. The molecule has 1 amide bonds. The van der Waals surface area contributed by atoms with Gasteiger partial charge in [0, 0.05) is 16.9 Å². The first-order chi connectivity index (χ1) is 17.3. The molecule has 0 bridgehead atoms. The zero-order valence-electron chi connectivity index (χ0n) is 20.2. The number of para-hydroxylation sites is 1. The number of hydrogen-bond acceptors (Lipinski definition) is 4. The molecule has 5 nitrogen and oxygen atoms in total. The smallest absolute Gasteiger partial charge is 0.238 e. The summed E-state index contributed by atoms with van der Waals surface area (Å²) in [4.78, 5) is 43.7. The van der Waals surface area contributed by atoms with Crippen molar-refractivity contribution < 1.29 is 18.8 Å². The van der Waals surface area contributed by atoms with E-state index >= 15 is 0 Å². The van der Waals surface area contributed by atoms with Crippen LogP contribution >= 0.6 is 0 Å². The van der Waals surface area contributed by atoms with Crippen LogP contribution in [-0.2, 0) is 15.0 Å². The van der Waals surface area contributed by atoms with Gasteiger partial charge in [-0.3, -0.25) is 14.4 Å². The Morgan fingerprint density at radius 1 is 1.00 bits per heavy atom. The monoisotopic (exact) mass is 480 g/mol. The quantitative estimate of drug-likeness (QED) is 0.531. The minimum atomic E-state index is -1.41. The van der Waals surface area contributed by atoms with Crippen molar-refractivity contribution in [1.29, 1.82) is 0 Å². The molecule has 3 aromatic rings. The number of rotatable bonds is 3. The summed E-state index contributed by atoms with van der Waals surface area (Å²) in [7, 11) is 0. The van der Waals surface area contributed by atoms with Gasteiger partial charge in [0.05, 0.1) is 23.6 Å². The van der Waals surface area contributed by atoms with Crippen molar-refractivity contribution in [3.05, 3.63) is 101 Å². The van der Waals surface area contributed by atoms with Gasteiger partial charge >= 0.3 is 0 Å². The van der Waals surface area contributed by atoms with Gasteiger partial charge in [-0.25, -0.2) is 4.39 Å². The first-order valence-corrected chi connectivity index (χ1v) is 12.0. The number of fused-ring (bicyclic) bond motifs is 6. The number of benzene rings is 3. The fourth-order valence-electron chi connectivity index (χ4n) is 6.53. The van der Waals surface area contributed by atoms with E-state index in [0.717, 1.165) is 22.4 Å². The van der Waals surface area contributed by atoms with Crippen LogP contribution in [0.4, 0.5) is 15.8 Å². The molecule has 3 aliphatic heterocycles. The number of halogens is 1. The van der Waals surface area contributed by atoms with E-state index in [1.165, 1.54) is 25.1 Å². The normalized spacial score (nSPS) is 25.7. The number of nitrogens with one attached hydrogen (secondary N) is 1. The van der Waals surface area contributed by atoms with Crippen LogP contribution in [0.1, 0.15) is 40.9 Å². The van der Waals surface area contributed by atoms with Gasteiger partial charge in [0.25, 0.3) is 0 Å². The van der Waals surface area contributed by atoms with E-state index in [1.54, 1.807) is 12.1 Å². The number of hydrogen-bond donors (Lipinski definition) is 1. The number of anilines is 2. The van der Waals surface area contributed by atoms with E-state index < -0.39 is 35.0 Å². The number of Topliss-reactive ketones (excluding diaryl/α,β-unsaturated/α-hetero) is 2. The van der Waals surface area contributed by atoms with Crippen molar-refractivity contribution >= 4 is 34.4 Å². The minimum absolute atomic E-state index is 0.116. The number of aryl methyl sites for hydroxylation is 1. The van der Waals surface area contributed by atoms with E-state index in [2.05, 4.69) is 11.4 Å². The highest BCUT2D eigenvalue weighted by Gasteiger charge is 2.70. The van der Waals surface area contributed by atoms with E-state index in [1.807, 2.05) is 55.2 Å². The Morgan fingerprint density at radius 3 is 2.47 bits per heavy atom. The summed E-state index contributed by atoms with van der Waals surface area (Å²) in [6.45, 7) is 5.43. The van der Waals surface area contributed by atoms with Crippen molar-refractivity contribution in [2.24, 2.45) is 5.92 Å². The minimum Gasteiger partial charge on any atom is -0.352 e. The van der Waals surface area contributed by atoms with Gasteiger partial charge in [0.2, 0.25) is 5.91 Å². The SMILES string of the molecule is CC(=O)[C@@H]1[C@H](C(=O)c2ccccc2F)[C@@]2(C(=O)Nc3ccccc32)[C@H]2C=C(C)c3cc(C)ccc3N12. The molecule has 1 spiro atoms. The van der Waals surface area contributed by atoms with Crippen LogP contribution in [-0.4, -0.2) is 29.6 Å². The van der Waals surface area contributed by atoms with Crippen molar-refractivity contribution in [2.45, 2.75) is 38.3 Å². The predicted octanol–water partition coefficient (Wildman–Crippen LogP) is 5.09. The standard InChI is InChI=1S/C30H25FN2O3/c1-16-12-13-24-20(14-16)17(2)15-25-30(21-9-5-7-11-23(21)32-29(30)36)26(27(18(3)34)33(24)25)28(35)19-8-4-6-10-22(19)31/h4-15,25-27H,1-3H3,(H,32,36)/t25-,26-,27-,30+/m1/s1. The Bertz CT molecular complexity index is 1510. The fraction of sp³-hybridized carbons (Fsp3) is 0.233. The second-order valence-corrected chi connectivity index (χ2v) is 9.97. The average Bonchev–Trinajstić information content (AvgIpc) is 3.32. The largest absolute Gasteiger partial charge is 0.352 e. The lowest BCUT2D eigenvalue weighted by atomic mass is 9.64. The Morgan fingerprint density at radius 2 is 1.72 bits per heavy atom. The molecule has 4 atom stereocenters. The summed E-state index contributed by atoms with van der Waals surface area (Å²) in [5, 5.41) is 2.97. The van der Waals surface area contributed by atoms with Gasteiger partial charge in [-0.2, -0.15) is 0 Å². The van der Waals surface area contributed by atoms with Crippen molar-refractivity contribution in [3.63, 3.8) is 0 Å². The summed E-state index contributed by atoms with van der Waals surface area (Å²) >= 11 is 0. The van der Waals surface area contributed by atoms with Gasteiger partial charge in [0.1, 0.15) is 11.2 Å². The average molecular weight is 481 g/mol. The number of allylic oxidation sites excluding steroid dienone is 1. The molecule has 180 valence electrons. The lowest BCUT2D eigenvalue weighted by molar-refractivity contribution is -0.122. The summed E-state index contributed by atoms with van der Waals surface area (Å²) in [5.74, 6) is -2.94. The van der Waals surface area contributed by atoms with Crippen LogP contribution < -0.4 is 10.2 Å². The van der Waals surface area contributed by atoms with E-state index in [0.29, 0.717) is 11.3 Å². The second-order valence-electron chi connectivity index (χ2n) is 9.97. The topological polar surface area (TPSA) is 66.5 Å². The molecule has 6 rings (SSSR count). The van der Waals surface area contributed by atoms with Crippen LogP contribution in [0.15, 0.2) is 72.8 Å². The summed E-state index contributed by atoms with van der Waals surface area (Å²) in [6.07, 6.45) is 1.99. The van der Waals surface area contributed by atoms with Crippen LogP contribution in [0, 0.1) is 18.7 Å². The van der Waals surface area contributed by atoms with Gasteiger partial charge < -0.3 is 10.2 Å². The third-order valence-corrected chi connectivity index (χ3v) is 7.97. The molecule has 36 heavy (non-hydrogen) atoms. The molecule has 0 radical (unpaired) electrons. The van der Waals surface area contributed by atoms with Crippen molar-refractivity contribution in [3.8, 4) is 0 Å². The maximum atomic E-state index is 15.0. The Hall–Kier alpha value is -4.06. The molecule has 3 heterocycles. The van der Waals surface area contributed by atoms with Crippen LogP contribution in [0.2, 0.25) is 0 Å². The molecule has 0 aromatic heterocycles. The van der Waals surface area contributed by atoms with Gasteiger partial charge in [0.15, 0.2) is 11.6 Å². The third-order valence-electron chi connectivity index (χ3n) is 7.97. The number of nitrogens with zero attached hydrogens (tertiary/aromatic N) is 1. The number of carbonyl (C=O) groups is 3. The molecule has 3 aromatic carbocycles. The van der Waals surface area contributed by atoms with Crippen LogP contribution in [0.25, 0.3) is 5.57 Å². The zero-order valence-corrected chi connectivity index (χ0v) is 20.2. The maximum absolute atomic E-state index is 15.0. The zero-order chi connectivity index (χ0) is 25.4. The molecular formula is C30H25FN2O3. The Kier molecular flexibility index (Phi) is 4.80. The van der Waals surface area contributed by atoms with E-state index in [-0.39, 0.29) is 17.3 Å². The first-order valence-electron chi connectivity index (χ1n) is 12.0. The highest BCUT2D eigenvalue weighted by molar-refractivity contribution is 6.16.